The molecule has 4 aromatic rings. The summed E-state index contributed by atoms with van der Waals surface area (Å²) in [6, 6.07) is 13.2. The molecule has 0 unspecified atom stereocenters. The Labute approximate surface area is 188 Å². The SMILES string of the molecule is CNC(=O)Nc1cccc(OCCCOc2ncnc3scc(-c4ccc(F)cc4)c23)c1. The lowest BCUT2D eigenvalue weighted by atomic mass is 10.1. The van der Waals surface area contributed by atoms with Crippen LogP contribution in [0.25, 0.3) is 21.3 Å². The Morgan fingerprint density at radius 2 is 1.91 bits per heavy atom. The third-order valence-corrected chi connectivity index (χ3v) is 5.49. The van der Waals surface area contributed by atoms with Crippen molar-refractivity contribution < 1.29 is 18.7 Å². The van der Waals surface area contributed by atoms with Crippen LogP contribution in [0, 0.1) is 5.82 Å². The second-order valence-electron chi connectivity index (χ2n) is 6.80. The van der Waals surface area contributed by atoms with Gasteiger partial charge in [-0.15, -0.1) is 11.3 Å². The number of thiophene rings is 1. The standard InChI is InChI=1S/C23H21FN4O3S/c1-25-23(29)28-17-4-2-5-18(12-17)30-10-3-11-31-21-20-19(13-32-22(20)27-14-26-21)15-6-8-16(24)9-7-15/h2,4-9,12-14H,3,10-11H2,1H3,(H2,25,28,29). The summed E-state index contributed by atoms with van der Waals surface area (Å²) in [5, 5.41) is 8.00. The van der Waals surface area contributed by atoms with Crippen LogP contribution in [0.3, 0.4) is 0 Å². The molecule has 4 rings (SSSR count). The number of hydrogen-bond donors (Lipinski definition) is 2. The lowest BCUT2D eigenvalue weighted by molar-refractivity contribution is 0.244. The molecule has 2 N–H and O–H groups in total. The van der Waals surface area contributed by atoms with Gasteiger partial charge >= 0.3 is 6.03 Å². The number of halogens is 1. The Bertz CT molecular complexity index is 1210. The summed E-state index contributed by atoms with van der Waals surface area (Å²) in [6.45, 7) is 0.840. The van der Waals surface area contributed by atoms with Crippen LogP contribution in [-0.4, -0.2) is 36.3 Å². The minimum absolute atomic E-state index is 0.282. The molecule has 164 valence electrons. The molecule has 32 heavy (non-hydrogen) atoms. The summed E-state index contributed by atoms with van der Waals surface area (Å²) in [5.74, 6) is 0.864. The average molecular weight is 453 g/mol. The number of nitrogens with zero attached hydrogens (tertiary/aromatic N) is 2. The summed E-state index contributed by atoms with van der Waals surface area (Å²) in [7, 11) is 1.56. The molecule has 2 heterocycles. The van der Waals surface area contributed by atoms with Gasteiger partial charge in [-0.3, -0.25) is 0 Å². The minimum atomic E-state index is -0.292. The maximum atomic E-state index is 13.3. The van der Waals surface area contributed by atoms with E-state index in [1.54, 1.807) is 31.3 Å². The molecule has 0 aliphatic carbocycles. The zero-order valence-electron chi connectivity index (χ0n) is 17.3. The topological polar surface area (TPSA) is 85.4 Å². The number of hydrogen-bond acceptors (Lipinski definition) is 6. The molecule has 2 aromatic heterocycles. The molecule has 2 aromatic carbocycles. The number of benzene rings is 2. The second-order valence-corrected chi connectivity index (χ2v) is 7.66. The number of carbonyl (C=O) groups is 1. The highest BCUT2D eigenvalue weighted by molar-refractivity contribution is 7.17. The molecule has 2 amide bonds. The van der Waals surface area contributed by atoms with Crippen molar-refractivity contribution in [2.75, 3.05) is 25.6 Å². The Morgan fingerprint density at radius 3 is 2.72 bits per heavy atom. The number of nitrogens with one attached hydrogen (secondary N) is 2. The van der Waals surface area contributed by atoms with Crippen molar-refractivity contribution in [1.82, 2.24) is 15.3 Å². The summed E-state index contributed by atoms with van der Waals surface area (Å²) in [6.07, 6.45) is 2.11. The largest absolute Gasteiger partial charge is 0.493 e. The van der Waals surface area contributed by atoms with Crippen molar-refractivity contribution in [2.45, 2.75) is 6.42 Å². The van der Waals surface area contributed by atoms with Gasteiger partial charge in [0.25, 0.3) is 0 Å². The first-order chi connectivity index (χ1) is 15.6. The van der Waals surface area contributed by atoms with Crippen LogP contribution in [0.15, 0.2) is 60.2 Å². The van der Waals surface area contributed by atoms with Crippen molar-refractivity contribution in [1.29, 1.82) is 0 Å². The van der Waals surface area contributed by atoms with Crippen LogP contribution >= 0.6 is 11.3 Å². The number of aromatic nitrogens is 2. The molecule has 0 radical (unpaired) electrons. The van der Waals surface area contributed by atoms with Gasteiger partial charge in [0.1, 0.15) is 22.7 Å². The van der Waals surface area contributed by atoms with Gasteiger partial charge in [0, 0.05) is 36.2 Å². The van der Waals surface area contributed by atoms with Crippen LogP contribution in [0.1, 0.15) is 6.42 Å². The predicted octanol–water partition coefficient (Wildman–Crippen LogP) is 5.10. The van der Waals surface area contributed by atoms with E-state index in [2.05, 4.69) is 20.6 Å². The summed E-state index contributed by atoms with van der Waals surface area (Å²) in [4.78, 5) is 20.9. The van der Waals surface area contributed by atoms with Crippen LogP contribution in [-0.2, 0) is 0 Å². The number of ether oxygens (including phenoxy) is 2. The highest BCUT2D eigenvalue weighted by Crippen LogP contribution is 2.37. The Morgan fingerprint density at radius 1 is 1.09 bits per heavy atom. The monoisotopic (exact) mass is 452 g/mol. The molecular formula is C23H21FN4O3S. The first kappa shape index (κ1) is 21.5. The fraction of sp³-hybridized carbons (Fsp3) is 0.174. The van der Waals surface area contributed by atoms with Gasteiger partial charge in [0.05, 0.1) is 18.6 Å². The van der Waals surface area contributed by atoms with E-state index in [0.29, 0.717) is 37.0 Å². The normalized spacial score (nSPS) is 10.7. The maximum Gasteiger partial charge on any atom is 0.318 e. The van der Waals surface area contributed by atoms with Crippen molar-refractivity contribution >= 4 is 33.3 Å². The van der Waals surface area contributed by atoms with Crippen LogP contribution in [0.5, 0.6) is 11.6 Å². The third kappa shape index (κ3) is 5.12. The highest BCUT2D eigenvalue weighted by Gasteiger charge is 2.14. The van der Waals surface area contributed by atoms with Crippen LogP contribution in [0.2, 0.25) is 0 Å². The van der Waals surface area contributed by atoms with Gasteiger partial charge in [-0.2, -0.15) is 0 Å². The smallest absolute Gasteiger partial charge is 0.318 e. The summed E-state index contributed by atoms with van der Waals surface area (Å²) in [5.41, 5.74) is 2.44. The molecule has 0 aliphatic heterocycles. The van der Waals surface area contributed by atoms with Gasteiger partial charge in [0.15, 0.2) is 0 Å². The zero-order valence-corrected chi connectivity index (χ0v) is 18.1. The van der Waals surface area contributed by atoms with Gasteiger partial charge in [-0.25, -0.2) is 19.2 Å². The Balaban J connectivity index is 1.36. The summed E-state index contributed by atoms with van der Waals surface area (Å²) < 4.78 is 25.0. The average Bonchev–Trinajstić information content (AvgIpc) is 3.24. The molecule has 0 saturated heterocycles. The zero-order chi connectivity index (χ0) is 22.3. The molecule has 0 atom stereocenters. The van der Waals surface area contributed by atoms with E-state index in [1.807, 2.05) is 17.5 Å². The van der Waals surface area contributed by atoms with E-state index in [-0.39, 0.29) is 11.8 Å². The van der Waals surface area contributed by atoms with E-state index in [0.717, 1.165) is 21.3 Å². The van der Waals surface area contributed by atoms with Crippen molar-refractivity contribution in [3.8, 4) is 22.8 Å². The van der Waals surface area contributed by atoms with Crippen molar-refractivity contribution in [3.63, 3.8) is 0 Å². The first-order valence-corrected chi connectivity index (χ1v) is 10.8. The fourth-order valence-corrected chi connectivity index (χ4v) is 3.98. The fourth-order valence-electron chi connectivity index (χ4n) is 3.07. The van der Waals surface area contributed by atoms with E-state index >= 15 is 0 Å². The molecule has 0 bridgehead atoms. The number of carbonyl (C=O) groups excluding carboxylic acids is 1. The van der Waals surface area contributed by atoms with Gasteiger partial charge in [-0.05, 0) is 29.8 Å². The van der Waals surface area contributed by atoms with Gasteiger partial charge in [0.2, 0.25) is 5.88 Å². The second kappa shape index (κ2) is 10.1. The van der Waals surface area contributed by atoms with Crippen molar-refractivity contribution in [2.24, 2.45) is 0 Å². The van der Waals surface area contributed by atoms with E-state index in [4.69, 9.17) is 9.47 Å². The Kier molecular flexibility index (Phi) is 6.76. The summed E-state index contributed by atoms with van der Waals surface area (Å²) >= 11 is 1.49. The van der Waals surface area contributed by atoms with Gasteiger partial charge < -0.3 is 20.1 Å². The van der Waals surface area contributed by atoms with Crippen LogP contribution < -0.4 is 20.1 Å². The molecule has 9 heteroatoms. The molecule has 0 aliphatic rings. The van der Waals surface area contributed by atoms with Crippen LogP contribution in [0.4, 0.5) is 14.9 Å². The number of urea groups is 1. The quantitative estimate of drug-likeness (QED) is 0.364. The number of amides is 2. The number of anilines is 1. The Hall–Kier alpha value is -3.72. The lowest BCUT2D eigenvalue weighted by Crippen LogP contribution is -2.24. The van der Waals surface area contributed by atoms with Gasteiger partial charge in [-0.1, -0.05) is 18.2 Å². The predicted molar refractivity (Wildman–Crippen MR) is 123 cm³/mol. The molecular weight excluding hydrogens is 431 g/mol. The minimum Gasteiger partial charge on any atom is -0.493 e. The van der Waals surface area contributed by atoms with E-state index in [1.165, 1.54) is 29.8 Å². The molecule has 7 nitrogen and oxygen atoms in total. The molecule has 0 fully saturated rings. The molecule has 0 spiro atoms. The maximum absolute atomic E-state index is 13.3. The number of rotatable bonds is 8. The first-order valence-electron chi connectivity index (χ1n) is 9.96. The third-order valence-electron chi connectivity index (χ3n) is 4.61. The molecule has 0 saturated carbocycles. The number of fused-ring (bicyclic) bond motifs is 1. The van der Waals surface area contributed by atoms with E-state index < -0.39 is 0 Å². The van der Waals surface area contributed by atoms with E-state index in [9.17, 15) is 9.18 Å². The highest BCUT2D eigenvalue weighted by atomic mass is 32.1. The van der Waals surface area contributed by atoms with Crippen molar-refractivity contribution in [3.05, 3.63) is 66.1 Å². The lowest BCUT2D eigenvalue weighted by Gasteiger charge is -2.10.